The van der Waals surface area contributed by atoms with Gasteiger partial charge < -0.3 is 9.47 Å². The first-order valence-corrected chi connectivity index (χ1v) is 5.97. The number of hydrogen-bond donors (Lipinski definition) is 0. The topological polar surface area (TPSA) is 35.5 Å². The minimum atomic E-state index is -0.561. The van der Waals surface area contributed by atoms with E-state index in [1.165, 1.54) is 0 Å². The van der Waals surface area contributed by atoms with Crippen molar-refractivity contribution in [3.63, 3.8) is 0 Å². The third-order valence-corrected chi connectivity index (χ3v) is 3.43. The van der Waals surface area contributed by atoms with Gasteiger partial charge in [0.05, 0.1) is 0 Å². The number of cyclic esters (lactones) is 1. The number of ether oxygens (including phenoxy) is 2. The van der Waals surface area contributed by atoms with Crippen LogP contribution in [0.25, 0.3) is 6.08 Å². The van der Waals surface area contributed by atoms with E-state index in [2.05, 4.69) is 0 Å². The highest BCUT2D eigenvalue weighted by atomic mass is 16.8. The van der Waals surface area contributed by atoms with Crippen LogP contribution in [-0.4, -0.2) is 11.8 Å². The second-order valence-corrected chi connectivity index (χ2v) is 4.57. The first kappa shape index (κ1) is 10.4. The maximum absolute atomic E-state index is 11.3. The van der Waals surface area contributed by atoms with Gasteiger partial charge in [-0.1, -0.05) is 30.3 Å². The van der Waals surface area contributed by atoms with Crippen molar-refractivity contribution in [1.82, 2.24) is 0 Å². The molecule has 3 heteroatoms. The van der Waals surface area contributed by atoms with Crippen molar-refractivity contribution in [2.24, 2.45) is 0 Å². The average Bonchev–Trinajstić information content (AvgIpc) is 2.90. The summed E-state index contributed by atoms with van der Waals surface area (Å²) in [5.41, 5.74) is 0.555. The average molecular weight is 230 g/mol. The second kappa shape index (κ2) is 3.91. The van der Waals surface area contributed by atoms with Gasteiger partial charge in [0.25, 0.3) is 0 Å². The van der Waals surface area contributed by atoms with Crippen molar-refractivity contribution >= 4 is 12.2 Å². The molecular formula is C14H14O3. The molecule has 1 aliphatic carbocycles. The number of rotatable bonds is 1. The summed E-state index contributed by atoms with van der Waals surface area (Å²) in [6.45, 7) is 0. The lowest BCUT2D eigenvalue weighted by molar-refractivity contribution is 0.0700. The Kier molecular flexibility index (Phi) is 2.39. The Labute approximate surface area is 100 Å². The molecule has 0 unspecified atom stereocenters. The zero-order valence-corrected chi connectivity index (χ0v) is 9.52. The van der Waals surface area contributed by atoms with Crippen LogP contribution in [0.2, 0.25) is 0 Å². The standard InChI is InChI=1S/C14H14O3/c15-13-16-12(10-11-6-2-1-3-7-11)14(17-13)8-4-5-9-14/h1-3,6-7,10H,4-5,8-9H2/b12-10+. The third-order valence-electron chi connectivity index (χ3n) is 3.43. The van der Waals surface area contributed by atoms with Crippen LogP contribution in [0.5, 0.6) is 0 Å². The summed E-state index contributed by atoms with van der Waals surface area (Å²) < 4.78 is 10.6. The number of carbonyl (C=O) groups is 1. The van der Waals surface area contributed by atoms with E-state index in [1.807, 2.05) is 36.4 Å². The molecule has 0 radical (unpaired) electrons. The number of carbonyl (C=O) groups excluding carboxylic acids is 1. The highest BCUT2D eigenvalue weighted by Gasteiger charge is 2.49. The fraction of sp³-hybridized carbons (Fsp3) is 0.357. The van der Waals surface area contributed by atoms with Gasteiger partial charge in [0.1, 0.15) is 0 Å². The van der Waals surface area contributed by atoms with Crippen LogP contribution in [0.3, 0.4) is 0 Å². The van der Waals surface area contributed by atoms with Crippen LogP contribution in [0.1, 0.15) is 31.2 Å². The van der Waals surface area contributed by atoms with Gasteiger partial charge in [-0.15, -0.1) is 0 Å². The number of benzene rings is 1. The molecule has 3 rings (SSSR count). The smallest absolute Gasteiger partial charge is 0.419 e. The molecule has 0 bridgehead atoms. The van der Waals surface area contributed by atoms with Crippen molar-refractivity contribution in [3.05, 3.63) is 41.7 Å². The molecule has 0 amide bonds. The van der Waals surface area contributed by atoms with Gasteiger partial charge in [0.2, 0.25) is 0 Å². The molecule has 1 aliphatic heterocycles. The van der Waals surface area contributed by atoms with Gasteiger partial charge in [0, 0.05) is 0 Å². The van der Waals surface area contributed by atoms with Crippen LogP contribution in [-0.2, 0) is 9.47 Å². The fourth-order valence-electron chi connectivity index (χ4n) is 2.57. The maximum Gasteiger partial charge on any atom is 0.514 e. The van der Waals surface area contributed by atoms with Gasteiger partial charge in [-0.2, -0.15) is 0 Å². The first-order valence-electron chi connectivity index (χ1n) is 5.97. The monoisotopic (exact) mass is 230 g/mol. The Hall–Kier alpha value is -1.77. The predicted octanol–water partition coefficient (Wildman–Crippen LogP) is 3.51. The van der Waals surface area contributed by atoms with Gasteiger partial charge in [-0.3, -0.25) is 0 Å². The first-order chi connectivity index (χ1) is 8.28. The molecule has 2 fully saturated rings. The van der Waals surface area contributed by atoms with E-state index in [0.29, 0.717) is 5.76 Å². The van der Waals surface area contributed by atoms with Gasteiger partial charge in [-0.05, 0) is 37.3 Å². The molecule has 0 aromatic heterocycles. The molecule has 88 valence electrons. The second-order valence-electron chi connectivity index (χ2n) is 4.57. The van der Waals surface area contributed by atoms with Gasteiger partial charge >= 0.3 is 6.16 Å². The summed E-state index contributed by atoms with van der Waals surface area (Å²) in [5.74, 6) is 0.672. The largest absolute Gasteiger partial charge is 0.514 e. The van der Waals surface area contributed by atoms with Crippen LogP contribution < -0.4 is 0 Å². The Morgan fingerprint density at radius 2 is 1.82 bits per heavy atom. The highest BCUT2D eigenvalue weighted by molar-refractivity contribution is 5.70. The molecule has 1 saturated carbocycles. The van der Waals surface area contributed by atoms with Crippen LogP contribution in [0, 0.1) is 0 Å². The zero-order chi connectivity index (χ0) is 11.7. The molecule has 0 atom stereocenters. The summed E-state index contributed by atoms with van der Waals surface area (Å²) in [4.78, 5) is 11.3. The summed E-state index contributed by atoms with van der Waals surface area (Å²) in [6, 6.07) is 9.87. The molecule has 17 heavy (non-hydrogen) atoms. The van der Waals surface area contributed by atoms with Crippen molar-refractivity contribution in [2.75, 3.05) is 0 Å². The van der Waals surface area contributed by atoms with Gasteiger partial charge in [-0.25, -0.2) is 4.79 Å². The van der Waals surface area contributed by atoms with Crippen LogP contribution in [0.4, 0.5) is 4.79 Å². The van der Waals surface area contributed by atoms with Crippen LogP contribution in [0.15, 0.2) is 36.1 Å². The lowest BCUT2D eigenvalue weighted by atomic mass is 9.98. The highest BCUT2D eigenvalue weighted by Crippen LogP contribution is 2.44. The molecule has 1 heterocycles. The maximum atomic E-state index is 11.3. The molecular weight excluding hydrogens is 216 g/mol. The zero-order valence-electron chi connectivity index (χ0n) is 9.52. The molecule has 1 spiro atoms. The molecule has 1 aromatic rings. The van der Waals surface area contributed by atoms with Crippen molar-refractivity contribution in [1.29, 1.82) is 0 Å². The molecule has 1 saturated heterocycles. The Morgan fingerprint density at radius 1 is 1.12 bits per heavy atom. The predicted molar refractivity (Wildman–Crippen MR) is 63.2 cm³/mol. The van der Waals surface area contributed by atoms with E-state index in [9.17, 15) is 4.79 Å². The SMILES string of the molecule is O=C1O/C(=C/c2ccccc2)C2(CCCC2)O1. The van der Waals surface area contributed by atoms with E-state index in [4.69, 9.17) is 9.47 Å². The quantitative estimate of drug-likeness (QED) is 0.692. The molecule has 3 nitrogen and oxygen atoms in total. The summed E-state index contributed by atoms with van der Waals surface area (Å²) in [5, 5.41) is 0. The van der Waals surface area contributed by atoms with Crippen molar-refractivity contribution in [3.8, 4) is 0 Å². The van der Waals surface area contributed by atoms with E-state index in [-0.39, 0.29) is 0 Å². The lowest BCUT2D eigenvalue weighted by Crippen LogP contribution is -2.25. The summed E-state index contributed by atoms with van der Waals surface area (Å²) >= 11 is 0. The van der Waals surface area contributed by atoms with E-state index in [0.717, 1.165) is 31.2 Å². The lowest BCUT2D eigenvalue weighted by Gasteiger charge is -2.19. The van der Waals surface area contributed by atoms with E-state index < -0.39 is 11.8 Å². The minimum Gasteiger partial charge on any atom is -0.419 e. The number of hydrogen-bond acceptors (Lipinski definition) is 3. The summed E-state index contributed by atoms with van der Waals surface area (Å²) in [6.07, 6.45) is 5.27. The van der Waals surface area contributed by atoms with E-state index >= 15 is 0 Å². The van der Waals surface area contributed by atoms with E-state index in [1.54, 1.807) is 0 Å². The molecule has 1 aromatic carbocycles. The normalized spacial score (nSPS) is 24.0. The molecule has 2 aliphatic rings. The third kappa shape index (κ3) is 1.82. The van der Waals surface area contributed by atoms with Crippen molar-refractivity contribution in [2.45, 2.75) is 31.3 Å². The molecule has 0 N–H and O–H groups in total. The van der Waals surface area contributed by atoms with Crippen molar-refractivity contribution < 1.29 is 14.3 Å². The fourth-order valence-corrected chi connectivity index (χ4v) is 2.57. The van der Waals surface area contributed by atoms with Crippen LogP contribution >= 0.6 is 0 Å². The van der Waals surface area contributed by atoms with Gasteiger partial charge in [0.15, 0.2) is 11.4 Å². The Bertz CT molecular complexity index is 456. The Morgan fingerprint density at radius 3 is 2.53 bits per heavy atom. The Balaban J connectivity index is 1.96. The summed E-state index contributed by atoms with van der Waals surface area (Å²) in [7, 11) is 0. The minimum absolute atomic E-state index is 0.479.